The van der Waals surface area contributed by atoms with Crippen LogP contribution in [0.25, 0.3) is 11.3 Å². The Morgan fingerprint density at radius 1 is 1.19 bits per heavy atom. The van der Waals surface area contributed by atoms with Gasteiger partial charge in [0.1, 0.15) is 11.5 Å². The molecule has 0 unspecified atom stereocenters. The van der Waals surface area contributed by atoms with E-state index in [1.165, 1.54) is 0 Å². The van der Waals surface area contributed by atoms with Gasteiger partial charge in [-0.15, -0.1) is 0 Å². The fourth-order valence-electron chi connectivity index (χ4n) is 3.15. The zero-order chi connectivity index (χ0) is 18.4. The maximum Gasteiger partial charge on any atom is 0.251 e. The van der Waals surface area contributed by atoms with Crippen molar-refractivity contribution in [3.8, 4) is 11.3 Å². The van der Waals surface area contributed by atoms with E-state index in [0.717, 1.165) is 49.4 Å². The van der Waals surface area contributed by atoms with Crippen LogP contribution in [0.15, 0.2) is 40.8 Å². The van der Waals surface area contributed by atoms with Gasteiger partial charge in [0.15, 0.2) is 0 Å². The van der Waals surface area contributed by atoms with E-state index in [0.29, 0.717) is 24.8 Å². The van der Waals surface area contributed by atoms with E-state index in [4.69, 9.17) is 9.15 Å². The zero-order valence-corrected chi connectivity index (χ0v) is 15.7. The number of carbonyl (C=O) groups excluding carboxylic acids is 1. The Balaban J connectivity index is 1.37. The molecular formula is C21H28N2O3. The number of nitrogens with one attached hydrogen (secondary N) is 1. The van der Waals surface area contributed by atoms with Crippen molar-refractivity contribution >= 4 is 5.91 Å². The molecule has 1 aliphatic heterocycles. The number of piperidine rings is 1. The Bertz CT molecular complexity index is 700. The van der Waals surface area contributed by atoms with Crippen LogP contribution in [0.4, 0.5) is 0 Å². The standard InChI is InChI=1S/C21H28N2O3/c1-16-4-9-20(26-16)17-5-7-18(8-6-17)21(24)22-12-3-15-25-19-10-13-23(2)14-11-19/h4-9,19H,3,10-15H2,1-2H3,(H,22,24). The van der Waals surface area contributed by atoms with E-state index in [9.17, 15) is 4.79 Å². The Labute approximate surface area is 155 Å². The summed E-state index contributed by atoms with van der Waals surface area (Å²) in [6, 6.07) is 11.4. The fraction of sp³-hybridized carbons (Fsp3) is 0.476. The average Bonchev–Trinajstić information content (AvgIpc) is 3.09. The predicted octanol–water partition coefficient (Wildman–Crippen LogP) is 3.49. The summed E-state index contributed by atoms with van der Waals surface area (Å²) >= 11 is 0. The largest absolute Gasteiger partial charge is 0.461 e. The van der Waals surface area contributed by atoms with Gasteiger partial charge in [-0.2, -0.15) is 0 Å². The van der Waals surface area contributed by atoms with Crippen molar-refractivity contribution in [1.82, 2.24) is 10.2 Å². The van der Waals surface area contributed by atoms with Gasteiger partial charge in [-0.3, -0.25) is 4.79 Å². The molecule has 0 spiro atoms. The number of furan rings is 1. The molecule has 1 saturated heterocycles. The van der Waals surface area contributed by atoms with Crippen molar-refractivity contribution in [1.29, 1.82) is 0 Å². The van der Waals surface area contributed by atoms with Gasteiger partial charge in [0, 0.05) is 37.4 Å². The molecule has 26 heavy (non-hydrogen) atoms. The molecule has 2 heterocycles. The number of nitrogens with zero attached hydrogens (tertiary/aromatic N) is 1. The summed E-state index contributed by atoms with van der Waals surface area (Å²) in [6.07, 6.45) is 3.41. The van der Waals surface area contributed by atoms with Crippen LogP contribution in [-0.2, 0) is 4.74 Å². The van der Waals surface area contributed by atoms with Gasteiger partial charge < -0.3 is 19.4 Å². The average molecular weight is 356 g/mol. The number of rotatable bonds is 7. The number of ether oxygens (including phenoxy) is 1. The Morgan fingerprint density at radius 3 is 2.58 bits per heavy atom. The molecule has 0 radical (unpaired) electrons. The molecular weight excluding hydrogens is 328 g/mol. The molecule has 2 aromatic rings. The quantitative estimate of drug-likeness (QED) is 0.772. The van der Waals surface area contributed by atoms with Crippen molar-refractivity contribution in [2.75, 3.05) is 33.3 Å². The van der Waals surface area contributed by atoms with Crippen LogP contribution in [0.2, 0.25) is 0 Å². The minimum atomic E-state index is -0.0496. The van der Waals surface area contributed by atoms with Crippen molar-refractivity contribution in [2.24, 2.45) is 0 Å². The lowest BCUT2D eigenvalue weighted by atomic mass is 10.1. The van der Waals surface area contributed by atoms with Crippen LogP contribution in [-0.4, -0.2) is 50.2 Å². The fourth-order valence-corrected chi connectivity index (χ4v) is 3.15. The summed E-state index contributed by atoms with van der Waals surface area (Å²) in [5, 5.41) is 2.96. The minimum absolute atomic E-state index is 0.0496. The number of benzene rings is 1. The summed E-state index contributed by atoms with van der Waals surface area (Å²) in [5.74, 6) is 1.65. The molecule has 0 aliphatic carbocycles. The van der Waals surface area contributed by atoms with Gasteiger partial charge in [0.05, 0.1) is 6.10 Å². The van der Waals surface area contributed by atoms with E-state index in [2.05, 4.69) is 17.3 Å². The molecule has 140 valence electrons. The maximum absolute atomic E-state index is 12.2. The lowest BCUT2D eigenvalue weighted by Gasteiger charge is -2.28. The smallest absolute Gasteiger partial charge is 0.251 e. The predicted molar refractivity (Wildman–Crippen MR) is 102 cm³/mol. The van der Waals surface area contributed by atoms with Crippen molar-refractivity contribution in [3.63, 3.8) is 0 Å². The highest BCUT2D eigenvalue weighted by atomic mass is 16.5. The lowest BCUT2D eigenvalue weighted by molar-refractivity contribution is 0.0117. The third-order valence-electron chi connectivity index (χ3n) is 4.80. The van der Waals surface area contributed by atoms with E-state index < -0.39 is 0 Å². The monoisotopic (exact) mass is 356 g/mol. The first-order valence-electron chi connectivity index (χ1n) is 9.37. The van der Waals surface area contributed by atoms with E-state index in [1.54, 1.807) is 0 Å². The number of aryl methyl sites for hydroxylation is 1. The summed E-state index contributed by atoms with van der Waals surface area (Å²) in [4.78, 5) is 14.5. The Hall–Kier alpha value is -2.11. The third-order valence-corrected chi connectivity index (χ3v) is 4.80. The van der Waals surface area contributed by atoms with Crippen LogP contribution in [0.3, 0.4) is 0 Å². The second-order valence-electron chi connectivity index (χ2n) is 6.97. The Kier molecular flexibility index (Phi) is 6.47. The summed E-state index contributed by atoms with van der Waals surface area (Å²) in [6.45, 7) is 5.46. The highest BCUT2D eigenvalue weighted by Gasteiger charge is 2.16. The van der Waals surface area contributed by atoms with E-state index >= 15 is 0 Å². The van der Waals surface area contributed by atoms with Crippen LogP contribution in [0.5, 0.6) is 0 Å². The number of hydrogen-bond acceptors (Lipinski definition) is 4. The number of hydrogen-bond donors (Lipinski definition) is 1. The maximum atomic E-state index is 12.2. The Morgan fingerprint density at radius 2 is 1.92 bits per heavy atom. The van der Waals surface area contributed by atoms with Gasteiger partial charge in [0.25, 0.3) is 5.91 Å². The first kappa shape index (κ1) is 18.7. The molecule has 5 heteroatoms. The lowest BCUT2D eigenvalue weighted by Crippen LogP contribution is -2.34. The number of amides is 1. The molecule has 1 amide bonds. The molecule has 1 aromatic heterocycles. The first-order chi connectivity index (χ1) is 12.6. The second kappa shape index (κ2) is 9.01. The van der Waals surface area contributed by atoms with Gasteiger partial charge >= 0.3 is 0 Å². The van der Waals surface area contributed by atoms with Crippen molar-refractivity contribution in [3.05, 3.63) is 47.7 Å². The highest BCUT2D eigenvalue weighted by molar-refractivity contribution is 5.94. The highest BCUT2D eigenvalue weighted by Crippen LogP contribution is 2.22. The van der Waals surface area contributed by atoms with Crippen LogP contribution in [0, 0.1) is 6.92 Å². The topological polar surface area (TPSA) is 54.7 Å². The van der Waals surface area contributed by atoms with Gasteiger partial charge in [-0.1, -0.05) is 12.1 Å². The summed E-state index contributed by atoms with van der Waals surface area (Å²) in [7, 11) is 2.15. The van der Waals surface area contributed by atoms with Crippen LogP contribution < -0.4 is 5.32 Å². The van der Waals surface area contributed by atoms with Crippen molar-refractivity contribution in [2.45, 2.75) is 32.3 Å². The first-order valence-corrected chi connectivity index (χ1v) is 9.37. The third kappa shape index (κ3) is 5.19. The van der Waals surface area contributed by atoms with Gasteiger partial charge in [-0.25, -0.2) is 0 Å². The van der Waals surface area contributed by atoms with Gasteiger partial charge in [-0.05, 0) is 57.5 Å². The van der Waals surface area contributed by atoms with E-state index in [1.807, 2.05) is 43.3 Å². The minimum Gasteiger partial charge on any atom is -0.461 e. The number of likely N-dealkylation sites (tertiary alicyclic amines) is 1. The normalized spacial score (nSPS) is 15.9. The van der Waals surface area contributed by atoms with E-state index in [-0.39, 0.29) is 5.91 Å². The molecule has 1 N–H and O–H groups in total. The molecule has 5 nitrogen and oxygen atoms in total. The SMILES string of the molecule is Cc1ccc(-c2ccc(C(=O)NCCCOC3CCN(C)CC3)cc2)o1. The molecule has 1 aromatic carbocycles. The summed E-state index contributed by atoms with van der Waals surface area (Å²) in [5.41, 5.74) is 1.63. The van der Waals surface area contributed by atoms with Gasteiger partial charge in [0.2, 0.25) is 0 Å². The zero-order valence-electron chi connectivity index (χ0n) is 15.7. The van der Waals surface area contributed by atoms with Crippen LogP contribution in [0.1, 0.15) is 35.4 Å². The molecule has 3 rings (SSSR count). The molecule has 0 bridgehead atoms. The molecule has 1 fully saturated rings. The second-order valence-corrected chi connectivity index (χ2v) is 6.97. The van der Waals surface area contributed by atoms with Crippen LogP contribution >= 0.6 is 0 Å². The molecule has 1 aliphatic rings. The summed E-state index contributed by atoms with van der Waals surface area (Å²) < 4.78 is 11.5. The number of carbonyl (C=O) groups is 1. The van der Waals surface area contributed by atoms with Crippen molar-refractivity contribution < 1.29 is 13.9 Å². The molecule has 0 saturated carbocycles. The molecule has 0 atom stereocenters.